The van der Waals surface area contributed by atoms with E-state index in [-0.39, 0.29) is 0 Å². The van der Waals surface area contributed by atoms with Crippen LogP contribution in [-0.4, -0.2) is 49.7 Å². The topological polar surface area (TPSA) is 27.3 Å². The molecule has 92 valence electrons. The van der Waals surface area contributed by atoms with Gasteiger partial charge in [-0.1, -0.05) is 20.8 Å². The normalized spacial score (nSPS) is 12.0. The molecule has 0 aromatic carbocycles. The zero-order valence-electron chi connectivity index (χ0n) is 11.1. The number of hydrogen-bond acceptors (Lipinski definition) is 3. The van der Waals surface area contributed by atoms with Crippen LogP contribution in [0.2, 0.25) is 0 Å². The van der Waals surface area contributed by atoms with Gasteiger partial charge in [-0.3, -0.25) is 4.90 Å². The van der Waals surface area contributed by atoms with E-state index in [0.717, 1.165) is 32.7 Å². The van der Waals surface area contributed by atoms with Gasteiger partial charge in [0.2, 0.25) is 0 Å². The second kappa shape index (κ2) is 9.13. The molecule has 3 nitrogen and oxygen atoms in total. The first-order valence-electron chi connectivity index (χ1n) is 6.26. The highest BCUT2D eigenvalue weighted by Gasteiger charge is 2.07. The molecule has 0 rings (SSSR count). The van der Waals surface area contributed by atoms with Gasteiger partial charge in [0.25, 0.3) is 0 Å². The quantitative estimate of drug-likeness (QED) is 0.568. The lowest BCUT2D eigenvalue weighted by Gasteiger charge is -2.27. The summed E-state index contributed by atoms with van der Waals surface area (Å²) in [6.07, 6.45) is 0. The molecule has 0 fully saturated rings. The number of hydrogen-bond donors (Lipinski definition) is 2. The molecule has 0 saturated carbocycles. The zero-order valence-corrected chi connectivity index (χ0v) is 11.1. The van der Waals surface area contributed by atoms with E-state index in [0.29, 0.717) is 12.1 Å². The van der Waals surface area contributed by atoms with E-state index in [1.807, 2.05) is 0 Å². The predicted molar refractivity (Wildman–Crippen MR) is 68.4 cm³/mol. The molecule has 0 aliphatic heterocycles. The summed E-state index contributed by atoms with van der Waals surface area (Å²) < 4.78 is 0. The summed E-state index contributed by atoms with van der Waals surface area (Å²) in [6, 6.07) is 1.23. The van der Waals surface area contributed by atoms with E-state index < -0.39 is 0 Å². The van der Waals surface area contributed by atoms with E-state index in [4.69, 9.17) is 0 Å². The highest BCUT2D eigenvalue weighted by Crippen LogP contribution is 1.95. The smallest absolute Gasteiger partial charge is 0.0110 e. The molecule has 2 N–H and O–H groups in total. The zero-order chi connectivity index (χ0) is 11.7. The fraction of sp³-hybridized carbons (Fsp3) is 1.00. The Morgan fingerprint density at radius 2 is 1.60 bits per heavy atom. The summed E-state index contributed by atoms with van der Waals surface area (Å²) in [5.41, 5.74) is 0. The monoisotopic (exact) mass is 215 g/mol. The third-order valence-electron chi connectivity index (χ3n) is 2.51. The van der Waals surface area contributed by atoms with Crippen LogP contribution in [0.4, 0.5) is 0 Å². The first-order chi connectivity index (χ1) is 7.07. The second-order valence-electron chi connectivity index (χ2n) is 4.59. The minimum Gasteiger partial charge on any atom is -0.316 e. The average molecular weight is 215 g/mol. The van der Waals surface area contributed by atoms with Crippen molar-refractivity contribution in [2.75, 3.05) is 32.7 Å². The van der Waals surface area contributed by atoms with Crippen molar-refractivity contribution >= 4 is 0 Å². The number of likely N-dealkylation sites (N-methyl/N-ethyl adjacent to an activating group) is 1. The fourth-order valence-corrected chi connectivity index (χ4v) is 1.52. The van der Waals surface area contributed by atoms with E-state index in [2.05, 4.69) is 50.2 Å². The molecule has 0 radical (unpaired) electrons. The first kappa shape index (κ1) is 14.9. The molecule has 15 heavy (non-hydrogen) atoms. The maximum absolute atomic E-state index is 3.46. The van der Waals surface area contributed by atoms with Gasteiger partial charge in [-0.05, 0) is 20.4 Å². The van der Waals surface area contributed by atoms with Gasteiger partial charge in [0.1, 0.15) is 0 Å². The Kier molecular flexibility index (Phi) is 9.06. The van der Waals surface area contributed by atoms with Crippen molar-refractivity contribution in [2.45, 2.75) is 46.7 Å². The molecule has 0 atom stereocenters. The van der Waals surface area contributed by atoms with Crippen LogP contribution in [0.5, 0.6) is 0 Å². The third-order valence-corrected chi connectivity index (χ3v) is 2.51. The molecule has 0 unspecified atom stereocenters. The maximum Gasteiger partial charge on any atom is 0.0110 e. The van der Waals surface area contributed by atoms with Crippen LogP contribution < -0.4 is 10.6 Å². The van der Waals surface area contributed by atoms with Crippen molar-refractivity contribution < 1.29 is 0 Å². The van der Waals surface area contributed by atoms with E-state index in [1.165, 1.54) is 0 Å². The Hall–Kier alpha value is -0.120. The van der Waals surface area contributed by atoms with Crippen molar-refractivity contribution in [3.05, 3.63) is 0 Å². The molecule has 0 aliphatic rings. The molecular weight excluding hydrogens is 186 g/mol. The summed E-state index contributed by atoms with van der Waals surface area (Å²) in [7, 11) is 0. The summed E-state index contributed by atoms with van der Waals surface area (Å²) in [6.45, 7) is 16.6. The van der Waals surface area contributed by atoms with Crippen LogP contribution in [0.1, 0.15) is 34.6 Å². The molecule has 0 aliphatic carbocycles. The number of nitrogens with zero attached hydrogens (tertiary/aromatic N) is 1. The largest absolute Gasteiger partial charge is 0.316 e. The van der Waals surface area contributed by atoms with Crippen molar-refractivity contribution in [1.82, 2.24) is 15.5 Å². The van der Waals surface area contributed by atoms with Crippen LogP contribution in [0.25, 0.3) is 0 Å². The lowest BCUT2D eigenvalue weighted by molar-refractivity contribution is 0.221. The van der Waals surface area contributed by atoms with E-state index in [9.17, 15) is 0 Å². The van der Waals surface area contributed by atoms with Crippen LogP contribution in [0.3, 0.4) is 0 Å². The van der Waals surface area contributed by atoms with Gasteiger partial charge in [0.05, 0.1) is 0 Å². The van der Waals surface area contributed by atoms with Crippen LogP contribution in [0, 0.1) is 0 Å². The van der Waals surface area contributed by atoms with Crippen LogP contribution in [-0.2, 0) is 0 Å². The molecule has 3 heteroatoms. The maximum atomic E-state index is 3.46. The molecule has 0 bridgehead atoms. The molecule has 0 spiro atoms. The summed E-state index contributed by atoms with van der Waals surface area (Å²) in [5.74, 6) is 0. The number of nitrogens with one attached hydrogen (secondary N) is 2. The molecule has 0 saturated heterocycles. The van der Waals surface area contributed by atoms with Gasteiger partial charge in [-0.15, -0.1) is 0 Å². The van der Waals surface area contributed by atoms with Crippen molar-refractivity contribution in [1.29, 1.82) is 0 Å². The van der Waals surface area contributed by atoms with Crippen molar-refractivity contribution in [2.24, 2.45) is 0 Å². The minimum atomic E-state index is 0.591. The number of rotatable bonds is 9. The average Bonchev–Trinajstić information content (AvgIpc) is 2.15. The third kappa shape index (κ3) is 8.85. The molecule has 0 amide bonds. The lowest BCUT2D eigenvalue weighted by atomic mass is 10.3. The summed E-state index contributed by atoms with van der Waals surface area (Å²) >= 11 is 0. The first-order valence-corrected chi connectivity index (χ1v) is 6.26. The Bertz CT molecular complexity index is 135. The van der Waals surface area contributed by atoms with Crippen molar-refractivity contribution in [3.63, 3.8) is 0 Å². The highest BCUT2D eigenvalue weighted by molar-refractivity contribution is 4.66. The SMILES string of the molecule is CCNCCN(CCNC(C)C)C(C)C. The van der Waals surface area contributed by atoms with Gasteiger partial charge >= 0.3 is 0 Å². The molecule has 0 aromatic heterocycles. The van der Waals surface area contributed by atoms with E-state index >= 15 is 0 Å². The van der Waals surface area contributed by atoms with Gasteiger partial charge in [0, 0.05) is 38.3 Å². The minimum absolute atomic E-state index is 0.591. The Labute approximate surface area is 95.6 Å². The standard InChI is InChI=1S/C12H29N3/c1-6-13-7-9-15(12(4)5)10-8-14-11(2)3/h11-14H,6-10H2,1-5H3. The van der Waals surface area contributed by atoms with Gasteiger partial charge in [0.15, 0.2) is 0 Å². The van der Waals surface area contributed by atoms with Crippen LogP contribution in [0.15, 0.2) is 0 Å². The van der Waals surface area contributed by atoms with E-state index in [1.54, 1.807) is 0 Å². The van der Waals surface area contributed by atoms with Crippen molar-refractivity contribution in [3.8, 4) is 0 Å². The molecular formula is C12H29N3. The Morgan fingerprint density at radius 1 is 1.00 bits per heavy atom. The van der Waals surface area contributed by atoms with Gasteiger partial charge in [-0.25, -0.2) is 0 Å². The molecule has 0 aromatic rings. The lowest BCUT2D eigenvalue weighted by Crippen LogP contribution is -2.41. The second-order valence-corrected chi connectivity index (χ2v) is 4.59. The Morgan fingerprint density at radius 3 is 2.07 bits per heavy atom. The molecule has 0 heterocycles. The van der Waals surface area contributed by atoms with Gasteiger partial charge < -0.3 is 10.6 Å². The summed E-state index contributed by atoms with van der Waals surface area (Å²) in [4.78, 5) is 2.51. The fourth-order valence-electron chi connectivity index (χ4n) is 1.52. The predicted octanol–water partition coefficient (Wildman–Crippen LogP) is 1.30. The highest BCUT2D eigenvalue weighted by atomic mass is 15.2. The van der Waals surface area contributed by atoms with Crippen LogP contribution >= 0.6 is 0 Å². The van der Waals surface area contributed by atoms with Gasteiger partial charge in [-0.2, -0.15) is 0 Å². The Balaban J connectivity index is 3.64. The summed E-state index contributed by atoms with van der Waals surface area (Å²) in [5, 5.41) is 6.83.